The maximum Gasteiger partial charge on any atom is 0.405 e. The Morgan fingerprint density at radius 3 is 2.73 bits per heavy atom. The fourth-order valence-corrected chi connectivity index (χ4v) is 4.38. The van der Waals surface area contributed by atoms with Crippen molar-refractivity contribution in [1.82, 2.24) is 15.2 Å². The van der Waals surface area contributed by atoms with E-state index in [4.69, 9.17) is 10.5 Å². The van der Waals surface area contributed by atoms with Gasteiger partial charge >= 0.3 is 12.1 Å². The zero-order valence-corrected chi connectivity index (χ0v) is 14.0. The number of pyridine rings is 1. The molecular formula is C17H18N4O5. The lowest BCUT2D eigenvalue weighted by atomic mass is 9.73. The predicted octanol–water partition coefficient (Wildman–Crippen LogP) is -0.0667. The average molecular weight is 358 g/mol. The molecule has 0 aromatic carbocycles. The van der Waals surface area contributed by atoms with E-state index in [1.54, 1.807) is 19.1 Å². The van der Waals surface area contributed by atoms with Gasteiger partial charge in [-0.3, -0.25) is 14.7 Å². The molecule has 0 bridgehead atoms. The van der Waals surface area contributed by atoms with Crippen LogP contribution in [0.4, 0.5) is 4.79 Å². The van der Waals surface area contributed by atoms with E-state index < -0.39 is 17.7 Å². The highest BCUT2D eigenvalue weighted by molar-refractivity contribution is 6.01. The van der Waals surface area contributed by atoms with E-state index in [1.165, 1.54) is 17.3 Å². The number of amides is 2. The van der Waals surface area contributed by atoms with Crippen molar-refractivity contribution in [3.8, 4) is 0 Å². The first kappa shape index (κ1) is 16.5. The Balaban J connectivity index is 1.90. The fraction of sp³-hybridized carbons (Fsp3) is 0.412. The number of carbonyl (C=O) groups is 3. The van der Waals surface area contributed by atoms with Crippen LogP contribution in [-0.4, -0.2) is 51.6 Å². The largest absolute Gasteiger partial charge is 0.477 e. The molecule has 9 heteroatoms. The summed E-state index contributed by atoms with van der Waals surface area (Å²) >= 11 is 0. The van der Waals surface area contributed by atoms with Crippen LogP contribution in [0, 0.1) is 5.92 Å². The molecule has 2 amide bonds. The molecule has 3 aliphatic rings. The van der Waals surface area contributed by atoms with Gasteiger partial charge < -0.3 is 20.9 Å². The van der Waals surface area contributed by atoms with E-state index in [9.17, 15) is 19.5 Å². The number of hydrogen-bond acceptors (Lipinski definition) is 6. The maximum absolute atomic E-state index is 12.4. The second kappa shape index (κ2) is 5.53. The minimum absolute atomic E-state index is 0.0495. The summed E-state index contributed by atoms with van der Waals surface area (Å²) in [6.45, 7) is 2.19. The number of β-lactam (4-membered cyclic amide) rings is 1. The number of carboxylic acid groups (broad SMARTS) is 1. The molecule has 1 unspecified atom stereocenters. The van der Waals surface area contributed by atoms with Crippen molar-refractivity contribution in [1.29, 1.82) is 0 Å². The van der Waals surface area contributed by atoms with Gasteiger partial charge in [0.05, 0.1) is 6.04 Å². The van der Waals surface area contributed by atoms with Gasteiger partial charge in [0, 0.05) is 30.1 Å². The van der Waals surface area contributed by atoms with E-state index in [0.29, 0.717) is 24.1 Å². The van der Waals surface area contributed by atoms with Gasteiger partial charge in [0.2, 0.25) is 5.91 Å². The molecule has 26 heavy (non-hydrogen) atoms. The molecule has 4 atom stereocenters. The summed E-state index contributed by atoms with van der Waals surface area (Å²) in [6, 6.07) is 2.76. The Kier molecular flexibility index (Phi) is 3.52. The van der Waals surface area contributed by atoms with Gasteiger partial charge in [-0.05, 0) is 31.4 Å². The van der Waals surface area contributed by atoms with Gasteiger partial charge in [0.15, 0.2) is 5.60 Å². The fourth-order valence-electron chi connectivity index (χ4n) is 4.38. The molecule has 0 aliphatic carbocycles. The minimum atomic E-state index is -1.42. The Morgan fingerprint density at radius 1 is 1.42 bits per heavy atom. The first-order valence-electron chi connectivity index (χ1n) is 8.27. The van der Waals surface area contributed by atoms with Crippen molar-refractivity contribution in [2.24, 2.45) is 11.7 Å². The van der Waals surface area contributed by atoms with Gasteiger partial charge in [-0.1, -0.05) is 0 Å². The highest BCUT2D eigenvalue weighted by Crippen LogP contribution is 2.49. The number of aliphatic carboxylic acids is 1. The lowest BCUT2D eigenvalue weighted by molar-refractivity contribution is -0.154. The molecular weight excluding hydrogens is 340 g/mol. The number of ether oxygens (including phenoxy) is 1. The van der Waals surface area contributed by atoms with Crippen LogP contribution >= 0.6 is 0 Å². The number of carboxylic acids is 1. The summed E-state index contributed by atoms with van der Waals surface area (Å²) in [5.41, 5.74) is 4.63. The topological polar surface area (TPSA) is 135 Å². The zero-order chi connectivity index (χ0) is 18.6. The van der Waals surface area contributed by atoms with Crippen molar-refractivity contribution in [3.05, 3.63) is 41.4 Å². The number of hydrogen-bond donors (Lipinski definition) is 3. The molecule has 0 radical (unpaired) electrons. The van der Waals surface area contributed by atoms with Gasteiger partial charge in [-0.2, -0.15) is 0 Å². The summed E-state index contributed by atoms with van der Waals surface area (Å²) in [4.78, 5) is 41.3. The summed E-state index contributed by atoms with van der Waals surface area (Å²) in [5, 5.41) is 13.0. The van der Waals surface area contributed by atoms with Crippen molar-refractivity contribution < 1.29 is 24.2 Å². The third-order valence-corrected chi connectivity index (χ3v) is 5.53. The Labute approximate surface area is 148 Å². The summed E-state index contributed by atoms with van der Waals surface area (Å²) < 4.78 is 5.42. The quantitative estimate of drug-likeness (QED) is 0.641. The summed E-state index contributed by atoms with van der Waals surface area (Å²) in [6.07, 6.45) is 2.39. The molecule has 0 saturated carbocycles. The normalized spacial score (nSPS) is 28.9. The monoisotopic (exact) mass is 358 g/mol. The van der Waals surface area contributed by atoms with E-state index in [-0.39, 0.29) is 29.6 Å². The van der Waals surface area contributed by atoms with Gasteiger partial charge in [-0.15, -0.1) is 0 Å². The Bertz CT molecular complexity index is 839. The molecule has 2 fully saturated rings. The van der Waals surface area contributed by atoms with Crippen molar-refractivity contribution in [3.63, 3.8) is 0 Å². The minimum Gasteiger partial charge on any atom is -0.477 e. The van der Waals surface area contributed by atoms with Crippen LogP contribution in [0.3, 0.4) is 0 Å². The predicted molar refractivity (Wildman–Crippen MR) is 87.5 cm³/mol. The smallest absolute Gasteiger partial charge is 0.405 e. The zero-order valence-electron chi connectivity index (χ0n) is 14.0. The number of carbonyl (C=O) groups excluding carboxylic acids is 2. The Hall–Kier alpha value is -2.94. The van der Waals surface area contributed by atoms with Crippen LogP contribution in [0.2, 0.25) is 0 Å². The van der Waals surface area contributed by atoms with Crippen molar-refractivity contribution in [2.75, 3.05) is 6.54 Å². The van der Waals surface area contributed by atoms with Gasteiger partial charge in [0.25, 0.3) is 0 Å². The second-order valence-electron chi connectivity index (χ2n) is 6.87. The summed E-state index contributed by atoms with van der Waals surface area (Å²) in [5.74, 6) is -1.46. The average Bonchev–Trinajstić information content (AvgIpc) is 3.01. The number of nitrogens with two attached hydrogens (primary N) is 1. The van der Waals surface area contributed by atoms with Crippen LogP contribution in [-0.2, 0) is 19.9 Å². The maximum atomic E-state index is 12.4. The molecule has 4 N–H and O–H groups in total. The van der Waals surface area contributed by atoms with Crippen molar-refractivity contribution in [2.45, 2.75) is 31.0 Å². The number of nitrogens with one attached hydrogen (secondary N) is 1. The van der Waals surface area contributed by atoms with E-state index in [1.807, 2.05) is 0 Å². The number of aromatic nitrogens is 1. The second-order valence-corrected chi connectivity index (χ2v) is 6.87. The van der Waals surface area contributed by atoms with Crippen LogP contribution in [0.25, 0.3) is 0 Å². The standard InChI is InChI=1S/C17H18N4O5/c1-17(26-16(18)25,9-2-4-19-5-3-9)10-6-8-7-20-11-12(8)21(14(11)22)13(10)15(23)24/h2-5,8,11-12,20H,6-7H2,1H3,(H2,18,25)(H,23,24)/t8-,11+,12-,17?/m1/s1. The molecule has 9 nitrogen and oxygen atoms in total. The van der Waals surface area contributed by atoms with Crippen LogP contribution in [0.5, 0.6) is 0 Å². The SMILES string of the molecule is CC(OC(N)=O)(C1=C(C(=O)O)N2C(=O)[C@H]3NC[C@@H](C1)[C@H]32)c1ccncc1. The van der Waals surface area contributed by atoms with Gasteiger partial charge in [-0.25, -0.2) is 9.59 Å². The van der Waals surface area contributed by atoms with Crippen LogP contribution in [0.1, 0.15) is 18.9 Å². The van der Waals surface area contributed by atoms with E-state index >= 15 is 0 Å². The molecule has 2 saturated heterocycles. The number of nitrogens with zero attached hydrogens (tertiary/aromatic N) is 2. The molecule has 136 valence electrons. The highest BCUT2D eigenvalue weighted by Gasteiger charge is 2.61. The van der Waals surface area contributed by atoms with E-state index in [0.717, 1.165) is 0 Å². The van der Waals surface area contributed by atoms with Gasteiger partial charge in [0.1, 0.15) is 11.7 Å². The van der Waals surface area contributed by atoms with Crippen LogP contribution < -0.4 is 11.1 Å². The third kappa shape index (κ3) is 2.13. The Morgan fingerprint density at radius 2 is 2.12 bits per heavy atom. The molecule has 3 aliphatic heterocycles. The van der Waals surface area contributed by atoms with Crippen molar-refractivity contribution >= 4 is 18.0 Å². The number of primary amides is 1. The lowest BCUT2D eigenvalue weighted by Crippen LogP contribution is -2.69. The van der Waals surface area contributed by atoms with E-state index in [2.05, 4.69) is 10.3 Å². The molecule has 0 spiro atoms. The molecule has 1 aromatic rings. The molecule has 1 aromatic heterocycles. The first-order valence-corrected chi connectivity index (χ1v) is 8.27. The highest BCUT2D eigenvalue weighted by atomic mass is 16.6. The summed E-state index contributed by atoms with van der Waals surface area (Å²) in [7, 11) is 0. The lowest BCUT2D eigenvalue weighted by Gasteiger charge is -2.50. The first-order chi connectivity index (χ1) is 12.3. The molecule has 4 rings (SSSR count). The third-order valence-electron chi connectivity index (χ3n) is 5.53. The number of rotatable bonds is 4. The molecule has 4 heterocycles. The van der Waals surface area contributed by atoms with Crippen LogP contribution in [0.15, 0.2) is 35.8 Å².